The summed E-state index contributed by atoms with van der Waals surface area (Å²) < 4.78 is 2.87. The Kier molecular flexibility index (Phi) is 3.82. The molecular formula is C20H16BrN3. The van der Waals surface area contributed by atoms with Crippen LogP contribution in [0, 0.1) is 0 Å². The van der Waals surface area contributed by atoms with Crippen molar-refractivity contribution < 1.29 is 0 Å². The highest BCUT2D eigenvalue weighted by molar-refractivity contribution is 9.10. The lowest BCUT2D eigenvalue weighted by Crippen LogP contribution is -1.95. The Hall–Kier alpha value is -2.59. The SMILES string of the molecule is Cn1ncc(Br)c1-c1cccc(Nc2ccc3ccccc3c2)c1. The molecule has 0 fully saturated rings. The molecule has 0 aliphatic heterocycles. The van der Waals surface area contributed by atoms with Crippen LogP contribution in [0.3, 0.4) is 0 Å². The summed E-state index contributed by atoms with van der Waals surface area (Å²) in [5, 5.41) is 10.3. The number of benzene rings is 3. The van der Waals surface area contributed by atoms with Crippen molar-refractivity contribution in [3.63, 3.8) is 0 Å². The number of nitrogens with one attached hydrogen (secondary N) is 1. The van der Waals surface area contributed by atoms with Crippen LogP contribution in [0.1, 0.15) is 0 Å². The van der Waals surface area contributed by atoms with Crippen LogP contribution < -0.4 is 5.32 Å². The maximum Gasteiger partial charge on any atom is 0.0821 e. The normalized spacial score (nSPS) is 10.9. The van der Waals surface area contributed by atoms with E-state index in [4.69, 9.17) is 0 Å². The summed E-state index contributed by atoms with van der Waals surface area (Å²) in [5.41, 5.74) is 4.32. The summed E-state index contributed by atoms with van der Waals surface area (Å²) in [4.78, 5) is 0. The van der Waals surface area contributed by atoms with E-state index in [9.17, 15) is 0 Å². The summed E-state index contributed by atoms with van der Waals surface area (Å²) in [6.45, 7) is 0. The molecule has 0 saturated carbocycles. The maximum atomic E-state index is 4.29. The van der Waals surface area contributed by atoms with Crippen molar-refractivity contribution in [1.29, 1.82) is 0 Å². The minimum absolute atomic E-state index is 0.993. The van der Waals surface area contributed by atoms with Gasteiger partial charge in [0.25, 0.3) is 0 Å². The number of anilines is 2. The molecule has 4 aromatic rings. The topological polar surface area (TPSA) is 29.9 Å². The third-order valence-electron chi connectivity index (χ3n) is 4.07. The first-order chi connectivity index (χ1) is 11.7. The van der Waals surface area contributed by atoms with Gasteiger partial charge in [-0.3, -0.25) is 4.68 Å². The van der Waals surface area contributed by atoms with Crippen molar-refractivity contribution in [1.82, 2.24) is 9.78 Å². The van der Waals surface area contributed by atoms with E-state index in [1.807, 2.05) is 17.9 Å². The molecule has 1 heterocycles. The predicted molar refractivity (Wildman–Crippen MR) is 104 cm³/mol. The van der Waals surface area contributed by atoms with Gasteiger partial charge in [0, 0.05) is 24.0 Å². The van der Waals surface area contributed by atoms with Gasteiger partial charge < -0.3 is 5.32 Å². The van der Waals surface area contributed by atoms with Crippen LogP contribution in [-0.4, -0.2) is 9.78 Å². The summed E-state index contributed by atoms with van der Waals surface area (Å²) in [5.74, 6) is 0. The van der Waals surface area contributed by atoms with Gasteiger partial charge in [-0.2, -0.15) is 5.10 Å². The molecule has 0 saturated heterocycles. The molecule has 1 N–H and O–H groups in total. The van der Waals surface area contributed by atoms with E-state index in [0.29, 0.717) is 0 Å². The Morgan fingerprint density at radius 2 is 1.67 bits per heavy atom. The van der Waals surface area contributed by atoms with E-state index in [1.54, 1.807) is 0 Å². The third kappa shape index (κ3) is 2.81. The number of rotatable bonds is 3. The highest BCUT2D eigenvalue weighted by Crippen LogP contribution is 2.30. The molecule has 0 unspecified atom stereocenters. The molecule has 0 atom stereocenters. The van der Waals surface area contributed by atoms with Gasteiger partial charge in [-0.25, -0.2) is 0 Å². The third-order valence-corrected chi connectivity index (χ3v) is 4.65. The molecule has 1 aromatic heterocycles. The zero-order valence-corrected chi connectivity index (χ0v) is 14.8. The number of halogens is 1. The molecule has 0 aliphatic rings. The summed E-state index contributed by atoms with van der Waals surface area (Å²) >= 11 is 3.57. The molecular weight excluding hydrogens is 362 g/mol. The molecule has 24 heavy (non-hydrogen) atoms. The number of hydrogen-bond donors (Lipinski definition) is 1. The van der Waals surface area contributed by atoms with Crippen LogP contribution >= 0.6 is 15.9 Å². The minimum atomic E-state index is 0.993. The second-order valence-electron chi connectivity index (χ2n) is 5.73. The number of hydrogen-bond acceptors (Lipinski definition) is 2. The van der Waals surface area contributed by atoms with Crippen molar-refractivity contribution >= 4 is 38.1 Å². The van der Waals surface area contributed by atoms with E-state index in [-0.39, 0.29) is 0 Å². The van der Waals surface area contributed by atoms with Crippen molar-refractivity contribution in [2.24, 2.45) is 7.05 Å². The van der Waals surface area contributed by atoms with Gasteiger partial charge in [-0.1, -0.05) is 42.5 Å². The fraction of sp³-hybridized carbons (Fsp3) is 0.0500. The fourth-order valence-electron chi connectivity index (χ4n) is 2.91. The van der Waals surface area contributed by atoms with Crippen molar-refractivity contribution in [2.45, 2.75) is 0 Å². The average Bonchev–Trinajstić information content (AvgIpc) is 2.94. The van der Waals surface area contributed by atoms with Crippen LogP contribution in [0.25, 0.3) is 22.0 Å². The molecule has 0 spiro atoms. The van der Waals surface area contributed by atoms with E-state index in [1.165, 1.54) is 10.8 Å². The predicted octanol–water partition coefficient (Wildman–Crippen LogP) is 5.75. The number of fused-ring (bicyclic) bond motifs is 1. The Balaban J connectivity index is 1.68. The van der Waals surface area contributed by atoms with Gasteiger partial charge >= 0.3 is 0 Å². The summed E-state index contributed by atoms with van der Waals surface area (Å²) in [6, 6.07) is 23.1. The first-order valence-electron chi connectivity index (χ1n) is 7.74. The van der Waals surface area contributed by atoms with Crippen molar-refractivity contribution in [3.05, 3.63) is 77.4 Å². The summed E-state index contributed by atoms with van der Waals surface area (Å²) in [6.07, 6.45) is 1.82. The van der Waals surface area contributed by atoms with Crippen LogP contribution in [0.15, 0.2) is 77.4 Å². The highest BCUT2D eigenvalue weighted by Gasteiger charge is 2.09. The minimum Gasteiger partial charge on any atom is -0.355 e. The quantitative estimate of drug-likeness (QED) is 0.492. The Bertz CT molecular complexity index is 1000. The molecule has 4 heteroatoms. The molecule has 118 valence electrons. The van der Waals surface area contributed by atoms with E-state index in [2.05, 4.69) is 93.1 Å². The second-order valence-corrected chi connectivity index (χ2v) is 6.59. The van der Waals surface area contributed by atoms with Gasteiger partial charge in [-0.15, -0.1) is 0 Å². The van der Waals surface area contributed by atoms with E-state index in [0.717, 1.165) is 27.1 Å². The zero-order chi connectivity index (χ0) is 16.5. The van der Waals surface area contributed by atoms with Gasteiger partial charge in [0.2, 0.25) is 0 Å². The van der Waals surface area contributed by atoms with E-state index >= 15 is 0 Å². The molecule has 0 aliphatic carbocycles. The molecule has 0 bridgehead atoms. The van der Waals surface area contributed by atoms with Gasteiger partial charge in [0.15, 0.2) is 0 Å². The highest BCUT2D eigenvalue weighted by atomic mass is 79.9. The number of nitrogens with zero attached hydrogens (tertiary/aromatic N) is 2. The van der Waals surface area contributed by atoms with Crippen LogP contribution in [0.2, 0.25) is 0 Å². The van der Waals surface area contributed by atoms with Crippen LogP contribution in [0.4, 0.5) is 11.4 Å². The fourth-order valence-corrected chi connectivity index (χ4v) is 3.49. The Morgan fingerprint density at radius 3 is 2.46 bits per heavy atom. The lowest BCUT2D eigenvalue weighted by Gasteiger charge is -2.10. The molecule has 3 nitrogen and oxygen atoms in total. The monoisotopic (exact) mass is 377 g/mol. The summed E-state index contributed by atoms with van der Waals surface area (Å²) in [7, 11) is 1.95. The standard InChI is InChI=1S/C20H16BrN3/c1-24-20(19(21)13-22-24)16-7-4-8-17(12-16)23-18-10-9-14-5-2-3-6-15(14)11-18/h2-13,23H,1H3. The zero-order valence-electron chi connectivity index (χ0n) is 13.2. The van der Waals surface area contributed by atoms with Crippen LogP contribution in [-0.2, 0) is 7.05 Å². The first-order valence-corrected chi connectivity index (χ1v) is 8.54. The first kappa shape index (κ1) is 15.0. The Morgan fingerprint density at radius 1 is 0.875 bits per heavy atom. The largest absolute Gasteiger partial charge is 0.355 e. The maximum absolute atomic E-state index is 4.29. The number of aryl methyl sites for hydroxylation is 1. The average molecular weight is 378 g/mol. The second kappa shape index (κ2) is 6.13. The lowest BCUT2D eigenvalue weighted by molar-refractivity contribution is 0.776. The number of aromatic nitrogens is 2. The lowest BCUT2D eigenvalue weighted by atomic mass is 10.1. The molecule has 4 rings (SSSR count). The smallest absolute Gasteiger partial charge is 0.0821 e. The van der Waals surface area contributed by atoms with Crippen molar-refractivity contribution in [3.8, 4) is 11.3 Å². The Labute approximate surface area is 149 Å². The van der Waals surface area contributed by atoms with Crippen molar-refractivity contribution in [2.75, 3.05) is 5.32 Å². The molecule has 0 amide bonds. The molecule has 3 aromatic carbocycles. The molecule has 0 radical (unpaired) electrons. The van der Waals surface area contributed by atoms with Gasteiger partial charge in [-0.05, 0) is 51.0 Å². The van der Waals surface area contributed by atoms with Crippen LogP contribution in [0.5, 0.6) is 0 Å². The van der Waals surface area contributed by atoms with E-state index < -0.39 is 0 Å². The van der Waals surface area contributed by atoms with Gasteiger partial charge in [0.05, 0.1) is 16.4 Å². The van der Waals surface area contributed by atoms with Gasteiger partial charge in [0.1, 0.15) is 0 Å².